The maximum Gasteiger partial charge on any atom is 0.335 e. The first-order valence-corrected chi connectivity index (χ1v) is 15.1. The van der Waals surface area contributed by atoms with Crippen LogP contribution in [0.25, 0.3) is 0 Å². The van der Waals surface area contributed by atoms with E-state index in [1.165, 1.54) is 6.07 Å². The Morgan fingerprint density at radius 2 is 1.64 bits per heavy atom. The van der Waals surface area contributed by atoms with Gasteiger partial charge in [0, 0.05) is 24.9 Å². The summed E-state index contributed by atoms with van der Waals surface area (Å²) in [5.41, 5.74) is 1.58. The van der Waals surface area contributed by atoms with E-state index in [2.05, 4.69) is 0 Å². The van der Waals surface area contributed by atoms with Gasteiger partial charge in [-0.15, -0.1) is 0 Å². The summed E-state index contributed by atoms with van der Waals surface area (Å²) in [7, 11) is 0. The smallest absolute Gasteiger partial charge is 0.335 e. The van der Waals surface area contributed by atoms with Gasteiger partial charge in [-0.25, -0.2) is 9.59 Å². The number of amides is 2. The lowest BCUT2D eigenvalue weighted by molar-refractivity contribution is -0.0504. The van der Waals surface area contributed by atoms with Crippen molar-refractivity contribution in [3.63, 3.8) is 0 Å². The lowest BCUT2D eigenvalue weighted by Crippen LogP contribution is -2.54. The molecule has 6 rings (SSSR count). The molecule has 0 aromatic heterocycles. The van der Waals surface area contributed by atoms with Crippen molar-refractivity contribution >= 4 is 12.0 Å². The number of allylic oxidation sites excluding steroid dienone is 2. The van der Waals surface area contributed by atoms with Gasteiger partial charge in [-0.1, -0.05) is 85.8 Å². The van der Waals surface area contributed by atoms with Gasteiger partial charge in [-0.2, -0.15) is 0 Å². The van der Waals surface area contributed by atoms with Crippen molar-refractivity contribution < 1.29 is 30.0 Å². The molecule has 228 valence electrons. The molecule has 3 aromatic carbocycles. The van der Waals surface area contributed by atoms with Crippen LogP contribution in [0.5, 0.6) is 0 Å². The topological polar surface area (TPSA) is 122 Å². The minimum atomic E-state index is -1.27. The molecule has 2 amide bonds. The minimum Gasteiger partial charge on any atom is -0.508 e. The number of benzene rings is 3. The van der Waals surface area contributed by atoms with Crippen LogP contribution in [0.4, 0.5) is 4.79 Å². The molecule has 1 aliphatic heterocycles. The van der Waals surface area contributed by atoms with E-state index < -0.39 is 29.8 Å². The van der Waals surface area contributed by atoms with Gasteiger partial charge in [0.05, 0.1) is 17.1 Å². The van der Waals surface area contributed by atoms with Gasteiger partial charge in [-0.3, -0.25) is 0 Å². The summed E-state index contributed by atoms with van der Waals surface area (Å²) in [6, 6.07) is 24.7. The highest BCUT2D eigenvalue weighted by molar-refractivity contribution is 5.87. The number of carbonyl (C=O) groups excluding carboxylic acids is 1. The molecule has 1 heterocycles. The summed E-state index contributed by atoms with van der Waals surface area (Å²) < 4.78 is 0. The first-order chi connectivity index (χ1) is 21.2. The van der Waals surface area contributed by atoms with Crippen molar-refractivity contribution in [3.8, 4) is 0 Å². The number of carboxylic acids is 1. The molecule has 4 N–H and O–H groups in total. The third-order valence-electron chi connectivity index (χ3n) is 9.62. The molecule has 2 aliphatic carbocycles. The summed E-state index contributed by atoms with van der Waals surface area (Å²) in [6.07, 6.45) is 3.58. The fraction of sp³-hybridized carbons (Fsp3) is 0.333. The SMILES string of the molecule is CC1C=C(O)C=CC1CN1C(=O)N(Cc2cccc(C(=O)O)c2)[C@H](Cc2ccccc2)[C@H](O)[C@@H](O)C12CC2c1ccccc1. The van der Waals surface area contributed by atoms with E-state index >= 15 is 0 Å². The summed E-state index contributed by atoms with van der Waals surface area (Å²) in [4.78, 5) is 30.1. The van der Waals surface area contributed by atoms with Gasteiger partial charge >= 0.3 is 12.0 Å². The number of nitrogens with zero attached hydrogens (tertiary/aromatic N) is 2. The molecule has 7 atom stereocenters. The molecule has 8 heteroatoms. The molecule has 0 radical (unpaired) electrons. The second-order valence-corrected chi connectivity index (χ2v) is 12.4. The second-order valence-electron chi connectivity index (χ2n) is 12.4. The van der Waals surface area contributed by atoms with Gasteiger partial charge < -0.3 is 30.2 Å². The first-order valence-electron chi connectivity index (χ1n) is 15.1. The number of aliphatic hydroxyl groups is 3. The maximum atomic E-state index is 15.0. The highest BCUT2D eigenvalue weighted by atomic mass is 16.4. The Hall–Kier alpha value is -4.40. The van der Waals surface area contributed by atoms with Crippen molar-refractivity contribution in [2.75, 3.05) is 6.54 Å². The molecule has 2 fully saturated rings. The summed E-state index contributed by atoms with van der Waals surface area (Å²) >= 11 is 0. The quantitative estimate of drug-likeness (QED) is 0.286. The fourth-order valence-corrected chi connectivity index (χ4v) is 7.11. The van der Waals surface area contributed by atoms with Gasteiger partial charge in [0.2, 0.25) is 0 Å². The zero-order chi connectivity index (χ0) is 31.0. The number of hydrogen-bond donors (Lipinski definition) is 4. The molecule has 44 heavy (non-hydrogen) atoms. The van der Waals surface area contributed by atoms with Crippen LogP contribution in [-0.4, -0.2) is 72.6 Å². The Morgan fingerprint density at radius 3 is 2.32 bits per heavy atom. The number of rotatable bonds is 8. The largest absolute Gasteiger partial charge is 0.508 e. The Balaban J connectivity index is 1.45. The van der Waals surface area contributed by atoms with Gasteiger partial charge in [0.25, 0.3) is 0 Å². The second kappa shape index (κ2) is 11.9. The Morgan fingerprint density at radius 1 is 0.955 bits per heavy atom. The van der Waals surface area contributed by atoms with Gasteiger partial charge in [0.1, 0.15) is 18.0 Å². The summed E-state index contributed by atoms with van der Waals surface area (Å²) in [5.74, 6) is -1.26. The van der Waals surface area contributed by atoms with Crippen LogP contribution in [0, 0.1) is 11.8 Å². The lowest BCUT2D eigenvalue weighted by Gasteiger charge is -2.39. The number of aromatic carboxylic acids is 1. The van der Waals surface area contributed by atoms with Crippen LogP contribution in [0.2, 0.25) is 0 Å². The summed E-state index contributed by atoms with van der Waals surface area (Å²) in [5, 5.41) is 43.9. The van der Waals surface area contributed by atoms with Crippen LogP contribution in [-0.2, 0) is 13.0 Å². The van der Waals surface area contributed by atoms with Crippen molar-refractivity contribution in [1.82, 2.24) is 9.80 Å². The van der Waals surface area contributed by atoms with E-state index in [0.29, 0.717) is 18.4 Å². The van der Waals surface area contributed by atoms with Gasteiger partial charge in [0.15, 0.2) is 0 Å². The number of hydrogen-bond acceptors (Lipinski definition) is 5. The number of urea groups is 1. The van der Waals surface area contributed by atoms with E-state index in [0.717, 1.165) is 11.1 Å². The zero-order valence-corrected chi connectivity index (χ0v) is 24.6. The van der Waals surface area contributed by atoms with Crippen LogP contribution < -0.4 is 0 Å². The predicted molar refractivity (Wildman–Crippen MR) is 166 cm³/mol. The molecule has 3 aliphatic rings. The van der Waals surface area contributed by atoms with Gasteiger partial charge in [-0.05, 0) is 59.7 Å². The Kier molecular flexibility index (Phi) is 8.05. The molecule has 1 saturated carbocycles. The van der Waals surface area contributed by atoms with Crippen molar-refractivity contribution in [1.29, 1.82) is 0 Å². The monoisotopic (exact) mass is 594 g/mol. The highest BCUT2D eigenvalue weighted by Crippen LogP contribution is 2.60. The molecule has 8 nitrogen and oxygen atoms in total. The van der Waals surface area contributed by atoms with Crippen LogP contribution in [0.15, 0.2) is 109 Å². The number of aliphatic hydroxyl groups excluding tert-OH is 3. The molecule has 1 spiro atoms. The standard InChI is InChI=1S/C36H38N2O6/c1-23-17-29(39)16-15-28(23)22-38-35(44)37(21-25-11-8-14-27(18-25)34(42)43)31(19-24-9-4-2-5-10-24)32(40)33(41)36(38)20-30(36)26-12-6-3-7-13-26/h2-18,23,28,30-33,39-41H,19-22H2,1H3,(H,42,43)/t23?,28?,30?,31-,32+,33-,36?/m1/s1. The van der Waals surface area contributed by atoms with Crippen molar-refractivity contribution in [2.24, 2.45) is 11.8 Å². The van der Waals surface area contributed by atoms with E-state index in [9.17, 15) is 30.0 Å². The van der Waals surface area contributed by atoms with Crippen LogP contribution in [0.1, 0.15) is 46.3 Å². The predicted octanol–water partition coefficient (Wildman–Crippen LogP) is 5.15. The average molecular weight is 595 g/mol. The number of carbonyl (C=O) groups is 2. The van der Waals surface area contributed by atoms with Crippen molar-refractivity contribution in [3.05, 3.63) is 131 Å². The van der Waals surface area contributed by atoms with E-state index in [1.807, 2.05) is 73.7 Å². The molecule has 0 bridgehead atoms. The third kappa shape index (κ3) is 5.51. The molecule has 1 saturated heterocycles. The first kappa shape index (κ1) is 29.7. The Bertz CT molecular complexity index is 1570. The van der Waals surface area contributed by atoms with Crippen molar-refractivity contribution in [2.45, 2.75) is 56.0 Å². The Labute approximate surface area is 257 Å². The maximum absolute atomic E-state index is 15.0. The third-order valence-corrected chi connectivity index (χ3v) is 9.62. The minimum absolute atomic E-state index is 0.0561. The lowest BCUT2D eigenvalue weighted by atomic mass is 9.86. The number of carboxylic acid groups (broad SMARTS) is 1. The van der Waals surface area contributed by atoms with Crippen LogP contribution >= 0.6 is 0 Å². The van der Waals surface area contributed by atoms with E-state index in [1.54, 1.807) is 40.2 Å². The summed E-state index contributed by atoms with van der Waals surface area (Å²) in [6.45, 7) is 2.32. The van der Waals surface area contributed by atoms with E-state index in [-0.39, 0.29) is 48.2 Å². The fourth-order valence-electron chi connectivity index (χ4n) is 7.11. The molecular weight excluding hydrogens is 556 g/mol. The van der Waals surface area contributed by atoms with E-state index in [4.69, 9.17) is 0 Å². The molecule has 4 unspecified atom stereocenters. The average Bonchev–Trinajstić information content (AvgIpc) is 3.79. The zero-order valence-electron chi connectivity index (χ0n) is 24.6. The molecular formula is C36H38N2O6. The normalized spacial score (nSPS) is 29.8. The highest BCUT2D eigenvalue weighted by Gasteiger charge is 2.69. The molecule has 3 aromatic rings. The van der Waals surface area contributed by atoms with Crippen LogP contribution in [0.3, 0.4) is 0 Å².